The first-order valence-electron chi connectivity index (χ1n) is 5.07. The highest BCUT2D eigenvalue weighted by Crippen LogP contribution is 2.25. The first-order chi connectivity index (χ1) is 7.49. The number of esters is 1. The quantitative estimate of drug-likeness (QED) is 0.667. The molecule has 6 heteroatoms. The van der Waals surface area contributed by atoms with E-state index in [2.05, 4.69) is 4.74 Å². The fourth-order valence-corrected chi connectivity index (χ4v) is 2.05. The van der Waals surface area contributed by atoms with Crippen molar-refractivity contribution in [2.24, 2.45) is 5.92 Å². The third-order valence-corrected chi connectivity index (χ3v) is 2.79. The Hall–Kier alpha value is -1.59. The van der Waals surface area contributed by atoms with E-state index >= 15 is 0 Å². The summed E-state index contributed by atoms with van der Waals surface area (Å²) in [6, 6.07) is -1.10. The highest BCUT2D eigenvalue weighted by atomic mass is 16.5. The number of nitrogens with zero attached hydrogens (tertiary/aromatic N) is 1. The van der Waals surface area contributed by atoms with Crippen LogP contribution in [0, 0.1) is 5.92 Å². The number of methoxy groups -OCH3 is 1. The highest BCUT2D eigenvalue weighted by Gasteiger charge is 2.42. The third kappa shape index (κ3) is 2.32. The summed E-state index contributed by atoms with van der Waals surface area (Å²) in [5.41, 5.74) is 0. The second-order valence-corrected chi connectivity index (χ2v) is 3.77. The second-order valence-electron chi connectivity index (χ2n) is 3.77. The Morgan fingerprint density at radius 2 is 2.00 bits per heavy atom. The van der Waals surface area contributed by atoms with Gasteiger partial charge in [0.05, 0.1) is 13.0 Å². The molecule has 16 heavy (non-hydrogen) atoms. The van der Waals surface area contributed by atoms with Gasteiger partial charge in [-0.25, -0.2) is 4.79 Å². The summed E-state index contributed by atoms with van der Waals surface area (Å²) in [4.78, 5) is 35.0. The summed E-state index contributed by atoms with van der Waals surface area (Å²) in [5, 5.41) is 9.07. The van der Waals surface area contributed by atoms with E-state index in [1.807, 2.05) is 0 Å². The molecule has 6 nitrogen and oxygen atoms in total. The smallest absolute Gasteiger partial charge is 0.327 e. The maximum absolute atomic E-state index is 11.4. The van der Waals surface area contributed by atoms with Gasteiger partial charge in [-0.3, -0.25) is 9.59 Å². The van der Waals surface area contributed by atoms with Crippen LogP contribution in [-0.2, 0) is 19.1 Å². The van der Waals surface area contributed by atoms with Crippen molar-refractivity contribution >= 4 is 17.8 Å². The molecule has 1 fully saturated rings. The van der Waals surface area contributed by atoms with Gasteiger partial charge in [-0.05, 0) is 12.8 Å². The molecule has 0 spiro atoms. The van der Waals surface area contributed by atoms with Gasteiger partial charge in [0.1, 0.15) is 6.04 Å². The van der Waals surface area contributed by atoms with Crippen LogP contribution in [0.5, 0.6) is 0 Å². The molecule has 0 aromatic rings. The van der Waals surface area contributed by atoms with Gasteiger partial charge < -0.3 is 14.7 Å². The van der Waals surface area contributed by atoms with Crippen molar-refractivity contribution in [3.63, 3.8) is 0 Å². The Morgan fingerprint density at radius 3 is 2.44 bits per heavy atom. The zero-order chi connectivity index (χ0) is 12.3. The SMILES string of the molecule is COC(=O)C1CCCN(C(C)=O)C1C(=O)O. The summed E-state index contributed by atoms with van der Waals surface area (Å²) in [5.74, 6) is -2.83. The van der Waals surface area contributed by atoms with Crippen LogP contribution >= 0.6 is 0 Å². The predicted octanol–water partition coefficient (Wildman–Crippen LogP) is -0.129. The Labute approximate surface area is 93.2 Å². The van der Waals surface area contributed by atoms with E-state index in [4.69, 9.17) is 5.11 Å². The van der Waals surface area contributed by atoms with Crippen molar-refractivity contribution in [1.82, 2.24) is 4.90 Å². The fourth-order valence-electron chi connectivity index (χ4n) is 2.05. The van der Waals surface area contributed by atoms with Gasteiger partial charge in [-0.2, -0.15) is 0 Å². The van der Waals surface area contributed by atoms with Crippen LogP contribution in [0.25, 0.3) is 0 Å². The number of hydrogen-bond donors (Lipinski definition) is 1. The van der Waals surface area contributed by atoms with E-state index in [1.54, 1.807) is 0 Å². The Morgan fingerprint density at radius 1 is 1.38 bits per heavy atom. The van der Waals surface area contributed by atoms with E-state index in [9.17, 15) is 14.4 Å². The fraction of sp³-hybridized carbons (Fsp3) is 0.700. The number of likely N-dealkylation sites (tertiary alicyclic amines) is 1. The van der Waals surface area contributed by atoms with Gasteiger partial charge in [0, 0.05) is 13.5 Å². The molecule has 1 aliphatic heterocycles. The lowest BCUT2D eigenvalue weighted by Gasteiger charge is -2.36. The van der Waals surface area contributed by atoms with Crippen molar-refractivity contribution in [2.75, 3.05) is 13.7 Å². The van der Waals surface area contributed by atoms with Crippen LogP contribution in [0.15, 0.2) is 0 Å². The molecule has 1 rings (SSSR count). The first kappa shape index (κ1) is 12.5. The van der Waals surface area contributed by atoms with Crippen molar-refractivity contribution in [2.45, 2.75) is 25.8 Å². The molecule has 0 radical (unpaired) electrons. The molecular weight excluding hydrogens is 214 g/mol. The van der Waals surface area contributed by atoms with Gasteiger partial charge >= 0.3 is 11.9 Å². The number of carboxylic acid groups (broad SMARTS) is 1. The van der Waals surface area contributed by atoms with Gasteiger partial charge in [0.15, 0.2) is 0 Å². The Balaban J connectivity index is 2.95. The zero-order valence-corrected chi connectivity index (χ0v) is 9.30. The molecule has 0 aromatic heterocycles. The number of carboxylic acids is 1. The standard InChI is InChI=1S/C10H15NO5/c1-6(12)11-5-3-4-7(10(15)16-2)8(11)9(13)14/h7-8H,3-5H2,1-2H3,(H,13,14). The third-order valence-electron chi connectivity index (χ3n) is 2.79. The van der Waals surface area contributed by atoms with Crippen LogP contribution < -0.4 is 0 Å². The summed E-state index contributed by atoms with van der Waals surface area (Å²) < 4.78 is 4.56. The van der Waals surface area contributed by atoms with Crippen molar-refractivity contribution in [1.29, 1.82) is 0 Å². The van der Waals surface area contributed by atoms with Crippen LogP contribution in [0.2, 0.25) is 0 Å². The lowest BCUT2D eigenvalue weighted by Crippen LogP contribution is -2.54. The zero-order valence-electron chi connectivity index (χ0n) is 9.30. The lowest BCUT2D eigenvalue weighted by atomic mass is 9.89. The molecule has 0 bridgehead atoms. The molecule has 1 amide bonds. The van der Waals surface area contributed by atoms with E-state index in [0.717, 1.165) is 0 Å². The van der Waals surface area contributed by atoms with Gasteiger partial charge in [-0.1, -0.05) is 0 Å². The van der Waals surface area contributed by atoms with Gasteiger partial charge in [0.25, 0.3) is 0 Å². The van der Waals surface area contributed by atoms with E-state index < -0.39 is 23.9 Å². The van der Waals surface area contributed by atoms with Crippen LogP contribution in [-0.4, -0.2) is 47.5 Å². The molecule has 90 valence electrons. The van der Waals surface area contributed by atoms with E-state index in [1.165, 1.54) is 18.9 Å². The predicted molar refractivity (Wildman–Crippen MR) is 53.6 cm³/mol. The molecular formula is C10H15NO5. The monoisotopic (exact) mass is 229 g/mol. The molecule has 2 unspecified atom stereocenters. The number of aliphatic carboxylic acids is 1. The topological polar surface area (TPSA) is 83.9 Å². The van der Waals surface area contributed by atoms with Crippen LogP contribution in [0.3, 0.4) is 0 Å². The number of rotatable bonds is 2. The minimum Gasteiger partial charge on any atom is -0.480 e. The molecule has 1 heterocycles. The molecule has 2 atom stereocenters. The molecule has 1 saturated heterocycles. The largest absolute Gasteiger partial charge is 0.480 e. The molecule has 0 saturated carbocycles. The van der Waals surface area contributed by atoms with Crippen molar-refractivity contribution < 1.29 is 24.2 Å². The Kier molecular flexibility index (Phi) is 3.87. The molecule has 0 aromatic carbocycles. The van der Waals surface area contributed by atoms with Crippen molar-refractivity contribution in [3.8, 4) is 0 Å². The number of amides is 1. The summed E-state index contributed by atoms with van der Waals surface area (Å²) in [6.45, 7) is 1.68. The van der Waals surface area contributed by atoms with E-state index in [-0.39, 0.29) is 5.91 Å². The molecule has 0 aliphatic carbocycles. The number of carbonyl (C=O) groups excluding carboxylic acids is 2. The number of piperidine rings is 1. The maximum atomic E-state index is 11.4. The summed E-state index contributed by atoms with van der Waals surface area (Å²) in [7, 11) is 1.22. The average molecular weight is 229 g/mol. The average Bonchev–Trinajstić information content (AvgIpc) is 2.26. The Bertz CT molecular complexity index is 314. The number of carbonyl (C=O) groups is 3. The lowest BCUT2D eigenvalue weighted by molar-refractivity contribution is -0.163. The number of ether oxygens (including phenoxy) is 1. The normalized spacial score (nSPS) is 25.0. The minimum absolute atomic E-state index is 0.332. The highest BCUT2D eigenvalue weighted by molar-refractivity contribution is 5.88. The van der Waals surface area contributed by atoms with Crippen LogP contribution in [0.1, 0.15) is 19.8 Å². The molecule has 1 N–H and O–H groups in total. The van der Waals surface area contributed by atoms with Gasteiger partial charge in [-0.15, -0.1) is 0 Å². The first-order valence-corrected chi connectivity index (χ1v) is 5.07. The number of hydrogen-bond acceptors (Lipinski definition) is 4. The van der Waals surface area contributed by atoms with Crippen LogP contribution in [0.4, 0.5) is 0 Å². The molecule has 1 aliphatic rings. The summed E-state index contributed by atoms with van der Waals surface area (Å²) >= 11 is 0. The van der Waals surface area contributed by atoms with Crippen molar-refractivity contribution in [3.05, 3.63) is 0 Å². The second kappa shape index (κ2) is 4.96. The summed E-state index contributed by atoms with van der Waals surface area (Å²) in [6.07, 6.45) is 1.05. The van der Waals surface area contributed by atoms with Gasteiger partial charge in [0.2, 0.25) is 5.91 Å². The minimum atomic E-state index is -1.16. The maximum Gasteiger partial charge on any atom is 0.327 e. The van der Waals surface area contributed by atoms with E-state index in [0.29, 0.717) is 19.4 Å².